The van der Waals surface area contributed by atoms with Gasteiger partial charge in [-0.2, -0.15) is 0 Å². The molecule has 1 amide bonds. The van der Waals surface area contributed by atoms with Crippen LogP contribution in [-0.2, 0) is 0 Å². The summed E-state index contributed by atoms with van der Waals surface area (Å²) in [5, 5.41) is 21.2. The van der Waals surface area contributed by atoms with Crippen LogP contribution < -0.4 is 15.6 Å². The summed E-state index contributed by atoms with van der Waals surface area (Å²) in [6.07, 6.45) is -4.87. The number of carboxylic acid groups (broad SMARTS) is 1. The van der Waals surface area contributed by atoms with Crippen LogP contribution in [0.2, 0.25) is 0 Å². The normalized spacial score (nSPS) is 11.1. The minimum absolute atomic E-state index is 0.00251. The second-order valence-electron chi connectivity index (χ2n) is 5.99. The van der Waals surface area contributed by atoms with Crippen molar-refractivity contribution in [1.82, 2.24) is 9.97 Å². The molecule has 0 unspecified atom stereocenters. The third-order valence-corrected chi connectivity index (χ3v) is 3.88. The fourth-order valence-corrected chi connectivity index (χ4v) is 2.54. The molecule has 0 saturated carbocycles. The summed E-state index contributed by atoms with van der Waals surface area (Å²) < 4.78 is 40.5. The first kappa shape index (κ1) is 21.4. The van der Waals surface area contributed by atoms with E-state index in [1.165, 1.54) is 24.3 Å². The Morgan fingerprint density at radius 2 is 1.71 bits per heavy atom. The van der Waals surface area contributed by atoms with E-state index in [4.69, 9.17) is 5.11 Å². The number of aromatic nitrogens is 2. The van der Waals surface area contributed by atoms with Gasteiger partial charge in [-0.25, -0.2) is 9.78 Å². The molecule has 0 aliphatic carbocycles. The smallest absolute Gasteiger partial charge is 0.501 e. The number of carbonyl (C=O) groups is 2. The van der Waals surface area contributed by atoms with Gasteiger partial charge in [0.25, 0.3) is 11.5 Å². The van der Waals surface area contributed by atoms with Crippen LogP contribution in [0.15, 0.2) is 53.3 Å². The fraction of sp³-hybridized carbons (Fsp3) is 0.0526. The Balaban J connectivity index is 1.91. The molecule has 3 aromatic rings. The quantitative estimate of drug-likeness (QED) is 0.483. The summed E-state index contributed by atoms with van der Waals surface area (Å²) in [7, 11) is 0. The number of halogens is 3. The zero-order chi connectivity index (χ0) is 22.8. The molecule has 0 fully saturated rings. The number of nitrogens with zero attached hydrogens (tertiary/aromatic N) is 1. The van der Waals surface area contributed by atoms with E-state index in [0.29, 0.717) is 0 Å². The molecule has 31 heavy (non-hydrogen) atoms. The molecule has 160 valence electrons. The minimum atomic E-state index is -4.87. The minimum Gasteiger partial charge on any atom is -0.501 e. The molecular formula is C19H12F3N3O6. The van der Waals surface area contributed by atoms with Crippen LogP contribution in [0.1, 0.15) is 20.8 Å². The van der Waals surface area contributed by atoms with E-state index in [2.05, 4.69) is 20.0 Å². The van der Waals surface area contributed by atoms with Crippen LogP contribution in [0.5, 0.6) is 11.5 Å². The number of hydrogen-bond acceptors (Lipinski definition) is 6. The lowest BCUT2D eigenvalue weighted by Gasteiger charge is -2.12. The van der Waals surface area contributed by atoms with E-state index in [1.807, 2.05) is 0 Å². The lowest BCUT2D eigenvalue weighted by Crippen LogP contribution is -2.18. The molecule has 1 heterocycles. The van der Waals surface area contributed by atoms with Crippen LogP contribution in [0.3, 0.4) is 0 Å². The summed E-state index contributed by atoms with van der Waals surface area (Å²) in [6.45, 7) is 0. The largest absolute Gasteiger partial charge is 0.573 e. The first-order valence-corrected chi connectivity index (χ1v) is 8.38. The number of aromatic hydroxyl groups is 1. The van der Waals surface area contributed by atoms with Crippen LogP contribution in [0, 0.1) is 0 Å². The number of para-hydroxylation sites is 1. The number of anilines is 1. The fourth-order valence-electron chi connectivity index (χ4n) is 2.54. The summed E-state index contributed by atoms with van der Waals surface area (Å²) in [6, 6.07) is 10.1. The molecule has 0 radical (unpaired) electrons. The average Bonchev–Trinajstić information content (AvgIpc) is 2.69. The van der Waals surface area contributed by atoms with Crippen molar-refractivity contribution in [2.75, 3.05) is 5.32 Å². The molecule has 12 heteroatoms. The number of carbonyl (C=O) groups excluding carboxylic acids is 1. The van der Waals surface area contributed by atoms with Gasteiger partial charge in [-0.3, -0.25) is 9.59 Å². The summed E-state index contributed by atoms with van der Waals surface area (Å²) >= 11 is 0. The second kappa shape index (κ2) is 8.18. The SMILES string of the molecule is O=C(Nc1ccccc1-c1nc(C(=O)O)c(O)c(=O)[nH]1)c1ccc(OC(F)(F)F)cc1. The van der Waals surface area contributed by atoms with Gasteiger partial charge >= 0.3 is 12.3 Å². The van der Waals surface area contributed by atoms with Gasteiger partial charge in [0.2, 0.25) is 5.75 Å². The number of aromatic amines is 1. The monoisotopic (exact) mass is 435 g/mol. The Kier molecular flexibility index (Phi) is 5.64. The molecule has 0 spiro atoms. The Morgan fingerprint density at radius 3 is 2.32 bits per heavy atom. The maximum absolute atomic E-state index is 12.5. The van der Waals surface area contributed by atoms with Gasteiger partial charge in [0.1, 0.15) is 11.6 Å². The van der Waals surface area contributed by atoms with Crippen molar-refractivity contribution in [2.24, 2.45) is 0 Å². The predicted molar refractivity (Wildman–Crippen MR) is 100.0 cm³/mol. The molecule has 0 bridgehead atoms. The Hall–Kier alpha value is -4.35. The molecule has 4 N–H and O–H groups in total. The van der Waals surface area contributed by atoms with Gasteiger partial charge in [-0.15, -0.1) is 13.2 Å². The third-order valence-electron chi connectivity index (χ3n) is 3.88. The summed E-state index contributed by atoms with van der Waals surface area (Å²) in [5.41, 5.74) is -1.72. The molecular weight excluding hydrogens is 423 g/mol. The van der Waals surface area contributed by atoms with Crippen molar-refractivity contribution in [3.63, 3.8) is 0 Å². The van der Waals surface area contributed by atoms with E-state index in [1.54, 1.807) is 0 Å². The van der Waals surface area contributed by atoms with E-state index in [-0.39, 0.29) is 22.6 Å². The van der Waals surface area contributed by atoms with Crippen LogP contribution in [-0.4, -0.2) is 38.4 Å². The number of alkyl halides is 3. The highest BCUT2D eigenvalue weighted by Gasteiger charge is 2.31. The topological polar surface area (TPSA) is 142 Å². The highest BCUT2D eigenvalue weighted by molar-refractivity contribution is 6.06. The zero-order valence-electron chi connectivity index (χ0n) is 15.2. The van der Waals surface area contributed by atoms with Crippen molar-refractivity contribution in [3.05, 3.63) is 70.1 Å². The van der Waals surface area contributed by atoms with E-state index < -0.39 is 41.0 Å². The first-order chi connectivity index (χ1) is 14.5. The van der Waals surface area contributed by atoms with E-state index >= 15 is 0 Å². The average molecular weight is 435 g/mol. The molecule has 3 rings (SSSR count). The maximum Gasteiger partial charge on any atom is 0.573 e. The Bertz CT molecular complexity index is 1210. The molecule has 0 atom stereocenters. The first-order valence-electron chi connectivity index (χ1n) is 8.38. The van der Waals surface area contributed by atoms with Gasteiger partial charge in [-0.05, 0) is 36.4 Å². The van der Waals surface area contributed by atoms with Crippen LogP contribution in [0.25, 0.3) is 11.4 Å². The Morgan fingerprint density at radius 1 is 1.06 bits per heavy atom. The number of hydrogen-bond donors (Lipinski definition) is 4. The number of carboxylic acids is 1. The zero-order valence-corrected chi connectivity index (χ0v) is 15.2. The maximum atomic E-state index is 12.5. The standard InChI is InChI=1S/C19H12F3N3O6/c20-19(21,22)31-10-7-5-9(6-8-10)16(27)23-12-4-2-1-3-11(12)15-24-13(18(29)30)14(26)17(28)25-15/h1-8,26H,(H,23,27)(H,29,30)(H,24,25,28). The number of nitrogens with one attached hydrogen (secondary N) is 2. The number of aromatic carboxylic acids is 1. The Labute approximate surface area is 170 Å². The second-order valence-corrected chi connectivity index (χ2v) is 5.99. The number of H-pyrrole nitrogens is 1. The highest BCUT2D eigenvalue weighted by atomic mass is 19.4. The highest BCUT2D eigenvalue weighted by Crippen LogP contribution is 2.27. The molecule has 0 aliphatic rings. The van der Waals surface area contributed by atoms with Crippen molar-refractivity contribution < 1.29 is 37.7 Å². The lowest BCUT2D eigenvalue weighted by atomic mass is 10.1. The van der Waals surface area contributed by atoms with Gasteiger partial charge in [0, 0.05) is 11.1 Å². The van der Waals surface area contributed by atoms with E-state index in [0.717, 1.165) is 24.3 Å². The van der Waals surface area contributed by atoms with Crippen molar-refractivity contribution >= 4 is 17.6 Å². The lowest BCUT2D eigenvalue weighted by molar-refractivity contribution is -0.274. The molecule has 2 aromatic carbocycles. The van der Waals surface area contributed by atoms with Crippen molar-refractivity contribution in [2.45, 2.75) is 6.36 Å². The van der Waals surface area contributed by atoms with Crippen LogP contribution in [0.4, 0.5) is 18.9 Å². The molecule has 9 nitrogen and oxygen atoms in total. The van der Waals surface area contributed by atoms with Crippen molar-refractivity contribution in [1.29, 1.82) is 0 Å². The molecule has 0 saturated heterocycles. The van der Waals surface area contributed by atoms with Crippen molar-refractivity contribution in [3.8, 4) is 22.9 Å². The summed E-state index contributed by atoms with van der Waals surface area (Å²) in [5.74, 6) is -4.14. The third kappa shape index (κ3) is 4.98. The molecule has 0 aliphatic heterocycles. The number of rotatable bonds is 5. The van der Waals surface area contributed by atoms with Gasteiger partial charge in [0.15, 0.2) is 5.69 Å². The van der Waals surface area contributed by atoms with Gasteiger partial charge < -0.3 is 25.3 Å². The number of benzene rings is 2. The van der Waals surface area contributed by atoms with Gasteiger partial charge in [0.05, 0.1) is 5.69 Å². The predicted octanol–water partition coefficient (Wildman–Crippen LogP) is 2.99. The van der Waals surface area contributed by atoms with Gasteiger partial charge in [-0.1, -0.05) is 12.1 Å². The molecule has 1 aromatic heterocycles. The summed E-state index contributed by atoms with van der Waals surface area (Å²) in [4.78, 5) is 41.4. The number of ether oxygens (including phenoxy) is 1. The number of amides is 1. The van der Waals surface area contributed by atoms with Crippen LogP contribution >= 0.6 is 0 Å². The van der Waals surface area contributed by atoms with E-state index in [9.17, 15) is 32.7 Å².